The Kier molecular flexibility index (Phi) is 4.20. The van der Waals surface area contributed by atoms with Gasteiger partial charge in [-0.2, -0.15) is 0 Å². The molecular formula is C23H18FN7O. The molecule has 5 aromatic rings. The Morgan fingerprint density at radius 3 is 2.78 bits per heavy atom. The van der Waals surface area contributed by atoms with Gasteiger partial charge in [-0.3, -0.25) is 4.79 Å². The normalized spacial score (nSPS) is 16.3. The van der Waals surface area contributed by atoms with Crippen molar-refractivity contribution in [2.75, 3.05) is 11.4 Å². The molecule has 32 heavy (non-hydrogen) atoms. The van der Waals surface area contributed by atoms with Gasteiger partial charge in [0, 0.05) is 6.54 Å². The minimum Gasteiger partial charge on any atom is -0.342 e. The van der Waals surface area contributed by atoms with Crippen LogP contribution < -0.4 is 10.5 Å². The van der Waals surface area contributed by atoms with Gasteiger partial charge in [0.2, 0.25) is 5.95 Å². The number of hydrogen-bond acceptors (Lipinski definition) is 6. The fourth-order valence-corrected chi connectivity index (χ4v) is 4.51. The number of benzene rings is 2. The molecule has 1 fully saturated rings. The van der Waals surface area contributed by atoms with E-state index >= 15 is 0 Å². The molecular weight excluding hydrogens is 409 g/mol. The van der Waals surface area contributed by atoms with E-state index in [4.69, 9.17) is 4.98 Å². The zero-order valence-corrected chi connectivity index (χ0v) is 16.9. The molecule has 0 saturated carbocycles. The molecule has 0 radical (unpaired) electrons. The van der Waals surface area contributed by atoms with Gasteiger partial charge in [-0.05, 0) is 37.1 Å². The quantitative estimate of drug-likeness (QED) is 0.474. The van der Waals surface area contributed by atoms with Gasteiger partial charge < -0.3 is 9.88 Å². The number of para-hydroxylation sites is 1. The maximum Gasteiger partial charge on any atom is 0.270 e. The molecule has 1 aliphatic heterocycles. The predicted octanol–water partition coefficient (Wildman–Crippen LogP) is 3.53. The van der Waals surface area contributed by atoms with Crippen LogP contribution in [0, 0.1) is 5.82 Å². The fourth-order valence-electron chi connectivity index (χ4n) is 4.51. The minimum absolute atomic E-state index is 0.0196. The lowest BCUT2D eigenvalue weighted by atomic mass is 10.1. The van der Waals surface area contributed by atoms with E-state index in [1.54, 1.807) is 18.5 Å². The molecule has 0 spiro atoms. The molecule has 8 nitrogen and oxygen atoms in total. The van der Waals surface area contributed by atoms with Crippen molar-refractivity contribution < 1.29 is 4.39 Å². The second kappa shape index (κ2) is 7.23. The summed E-state index contributed by atoms with van der Waals surface area (Å²) in [4.78, 5) is 36.5. The average molecular weight is 427 g/mol. The fraction of sp³-hybridized carbons (Fsp3) is 0.174. The third kappa shape index (κ3) is 2.78. The third-order valence-corrected chi connectivity index (χ3v) is 5.92. The van der Waals surface area contributed by atoms with Crippen molar-refractivity contribution in [3.8, 4) is 5.69 Å². The zero-order valence-electron chi connectivity index (χ0n) is 16.9. The van der Waals surface area contributed by atoms with Gasteiger partial charge in [-0.15, -0.1) is 0 Å². The smallest absolute Gasteiger partial charge is 0.270 e. The molecule has 0 bridgehead atoms. The monoisotopic (exact) mass is 427 g/mol. The van der Waals surface area contributed by atoms with Crippen LogP contribution in [0.3, 0.4) is 0 Å². The lowest BCUT2D eigenvalue weighted by Gasteiger charge is -2.28. The van der Waals surface area contributed by atoms with Crippen LogP contribution in [-0.2, 0) is 0 Å². The summed E-state index contributed by atoms with van der Waals surface area (Å²) in [5.74, 6) is -0.114. The van der Waals surface area contributed by atoms with E-state index in [9.17, 15) is 9.18 Å². The Bertz CT molecular complexity index is 1510. The molecule has 1 atom stereocenters. The van der Waals surface area contributed by atoms with Crippen molar-refractivity contribution in [2.45, 2.75) is 18.9 Å². The van der Waals surface area contributed by atoms with E-state index in [0.29, 0.717) is 29.3 Å². The van der Waals surface area contributed by atoms with E-state index < -0.39 is 11.4 Å². The number of rotatable bonds is 3. The summed E-state index contributed by atoms with van der Waals surface area (Å²) in [5.41, 5.74) is 2.69. The van der Waals surface area contributed by atoms with Gasteiger partial charge in [0.1, 0.15) is 23.0 Å². The number of nitrogens with one attached hydrogen (secondary N) is 1. The van der Waals surface area contributed by atoms with Crippen molar-refractivity contribution in [1.29, 1.82) is 0 Å². The Balaban J connectivity index is 1.61. The number of nitrogens with zero attached hydrogens (tertiary/aromatic N) is 6. The highest BCUT2D eigenvalue weighted by Crippen LogP contribution is 2.37. The highest BCUT2D eigenvalue weighted by atomic mass is 19.1. The number of hydrogen-bond donors (Lipinski definition) is 1. The Morgan fingerprint density at radius 1 is 1.03 bits per heavy atom. The number of fused-ring (bicyclic) bond motifs is 2. The lowest BCUT2D eigenvalue weighted by Crippen LogP contribution is -2.33. The van der Waals surface area contributed by atoms with Crippen LogP contribution in [0.2, 0.25) is 0 Å². The number of aromatic amines is 1. The van der Waals surface area contributed by atoms with Gasteiger partial charge in [0.15, 0.2) is 5.65 Å². The van der Waals surface area contributed by atoms with E-state index in [1.807, 2.05) is 30.3 Å². The van der Waals surface area contributed by atoms with Crippen LogP contribution in [-0.4, -0.2) is 36.0 Å². The number of aromatic nitrogens is 6. The van der Waals surface area contributed by atoms with Crippen LogP contribution >= 0.6 is 0 Å². The van der Waals surface area contributed by atoms with E-state index in [-0.39, 0.29) is 11.4 Å². The Labute approximate surface area is 181 Å². The van der Waals surface area contributed by atoms with E-state index in [1.165, 1.54) is 17.0 Å². The standard InChI is InChI=1S/C23H18FN7O/c24-15-8-4-9-16-18(15)22(32)31(14-6-2-1-3-7-14)23(29-16)30-11-5-10-17(30)19-20-21(27-12-25-19)28-13-26-20/h1-4,6-9,12-13,17H,5,10-11H2,(H,25,26,27,28). The van der Waals surface area contributed by atoms with Crippen LogP contribution in [0.5, 0.6) is 0 Å². The van der Waals surface area contributed by atoms with Crippen LogP contribution in [0.1, 0.15) is 24.6 Å². The molecule has 1 aliphatic rings. The van der Waals surface area contributed by atoms with Gasteiger partial charge >= 0.3 is 0 Å². The molecule has 3 aromatic heterocycles. The van der Waals surface area contributed by atoms with Gasteiger partial charge in [0.05, 0.1) is 29.3 Å². The zero-order chi connectivity index (χ0) is 21.7. The molecule has 1 saturated heterocycles. The topological polar surface area (TPSA) is 92.6 Å². The summed E-state index contributed by atoms with van der Waals surface area (Å²) >= 11 is 0. The van der Waals surface area contributed by atoms with Gasteiger partial charge in [0.25, 0.3) is 5.56 Å². The molecule has 1 N–H and O–H groups in total. The predicted molar refractivity (Wildman–Crippen MR) is 118 cm³/mol. The number of anilines is 1. The van der Waals surface area contributed by atoms with Crippen LogP contribution in [0.4, 0.5) is 10.3 Å². The van der Waals surface area contributed by atoms with Crippen LogP contribution in [0.25, 0.3) is 27.8 Å². The second-order valence-electron chi connectivity index (χ2n) is 7.73. The maximum atomic E-state index is 14.6. The molecule has 6 rings (SSSR count). The summed E-state index contributed by atoms with van der Waals surface area (Å²) in [5, 5.41) is -0.0196. The molecule has 4 heterocycles. The van der Waals surface area contributed by atoms with Gasteiger partial charge in [-0.1, -0.05) is 24.3 Å². The first-order valence-electron chi connectivity index (χ1n) is 10.4. The molecule has 9 heteroatoms. The summed E-state index contributed by atoms with van der Waals surface area (Å²) in [6, 6.07) is 13.6. The first-order valence-corrected chi connectivity index (χ1v) is 10.4. The van der Waals surface area contributed by atoms with Crippen molar-refractivity contribution in [2.24, 2.45) is 0 Å². The molecule has 0 aliphatic carbocycles. The summed E-state index contributed by atoms with van der Waals surface area (Å²) < 4.78 is 16.1. The SMILES string of the molecule is O=c1c2c(F)cccc2nc(N2CCCC2c2ncnc3nc[nH]c23)n1-c1ccccc1. The van der Waals surface area contributed by atoms with Crippen LogP contribution in [0.15, 0.2) is 66.0 Å². The second-order valence-corrected chi connectivity index (χ2v) is 7.73. The first kappa shape index (κ1) is 18.6. The summed E-state index contributed by atoms with van der Waals surface area (Å²) in [7, 11) is 0. The molecule has 158 valence electrons. The van der Waals surface area contributed by atoms with Crippen molar-refractivity contribution in [3.05, 3.63) is 83.1 Å². The van der Waals surface area contributed by atoms with Crippen molar-refractivity contribution in [1.82, 2.24) is 29.5 Å². The molecule has 1 unspecified atom stereocenters. The molecule has 0 amide bonds. The third-order valence-electron chi connectivity index (χ3n) is 5.92. The van der Waals surface area contributed by atoms with Crippen molar-refractivity contribution in [3.63, 3.8) is 0 Å². The lowest BCUT2D eigenvalue weighted by molar-refractivity contribution is 0.635. The Morgan fingerprint density at radius 2 is 1.91 bits per heavy atom. The number of halogens is 1. The number of H-pyrrole nitrogens is 1. The minimum atomic E-state index is -0.579. The van der Waals surface area contributed by atoms with E-state index in [0.717, 1.165) is 24.1 Å². The average Bonchev–Trinajstić information content (AvgIpc) is 3.49. The summed E-state index contributed by atoms with van der Waals surface area (Å²) in [6.07, 6.45) is 4.83. The maximum absolute atomic E-state index is 14.6. The highest BCUT2D eigenvalue weighted by molar-refractivity contribution is 5.80. The molecule has 2 aromatic carbocycles. The van der Waals surface area contributed by atoms with Crippen molar-refractivity contribution >= 4 is 28.0 Å². The first-order chi connectivity index (χ1) is 15.7. The highest BCUT2D eigenvalue weighted by Gasteiger charge is 2.33. The Hall–Kier alpha value is -4.14. The van der Waals surface area contributed by atoms with Gasteiger partial charge in [-0.25, -0.2) is 28.9 Å². The number of imidazole rings is 1. The largest absolute Gasteiger partial charge is 0.342 e. The van der Waals surface area contributed by atoms with E-state index in [2.05, 4.69) is 24.8 Å². The summed E-state index contributed by atoms with van der Waals surface area (Å²) in [6.45, 7) is 0.685.